The van der Waals surface area contributed by atoms with Crippen molar-refractivity contribution in [3.8, 4) is 0 Å². The molecule has 1 amide bonds. The lowest BCUT2D eigenvalue weighted by atomic mass is 9.90. The van der Waals surface area contributed by atoms with Crippen LogP contribution >= 0.6 is 0 Å². The van der Waals surface area contributed by atoms with Crippen LogP contribution < -0.4 is 5.73 Å². The Kier molecular flexibility index (Phi) is 4.07. The number of amides is 1. The van der Waals surface area contributed by atoms with Crippen LogP contribution in [0.2, 0.25) is 0 Å². The van der Waals surface area contributed by atoms with Crippen LogP contribution in [0.4, 0.5) is 0 Å². The van der Waals surface area contributed by atoms with Gasteiger partial charge < -0.3 is 15.1 Å². The molecule has 1 saturated carbocycles. The molecule has 1 heterocycles. The summed E-state index contributed by atoms with van der Waals surface area (Å²) in [6.07, 6.45) is 4.01. The fourth-order valence-electron chi connectivity index (χ4n) is 2.67. The molecule has 1 aromatic rings. The van der Waals surface area contributed by atoms with E-state index in [0.29, 0.717) is 17.8 Å². The predicted molar refractivity (Wildman–Crippen MR) is 70.4 cm³/mol. The maximum absolute atomic E-state index is 12.4. The molecule has 2 rings (SSSR count). The van der Waals surface area contributed by atoms with Crippen molar-refractivity contribution in [1.29, 1.82) is 0 Å². The Hall–Kier alpha value is -1.29. The van der Waals surface area contributed by atoms with E-state index in [4.69, 9.17) is 10.2 Å². The largest absolute Gasteiger partial charge is 0.456 e. The minimum absolute atomic E-state index is 0.00562. The van der Waals surface area contributed by atoms with Crippen molar-refractivity contribution in [2.24, 2.45) is 5.73 Å². The van der Waals surface area contributed by atoms with Crippen molar-refractivity contribution in [2.45, 2.75) is 51.6 Å². The van der Waals surface area contributed by atoms with Crippen LogP contribution in [0.1, 0.15) is 48.9 Å². The highest BCUT2D eigenvalue weighted by Gasteiger charge is 2.28. The highest BCUT2D eigenvalue weighted by molar-refractivity contribution is 5.91. The van der Waals surface area contributed by atoms with Crippen molar-refractivity contribution in [3.05, 3.63) is 23.7 Å². The van der Waals surface area contributed by atoms with E-state index in [9.17, 15) is 4.79 Å². The maximum atomic E-state index is 12.4. The summed E-state index contributed by atoms with van der Waals surface area (Å²) >= 11 is 0. The third-order valence-electron chi connectivity index (χ3n) is 3.73. The van der Waals surface area contributed by atoms with E-state index >= 15 is 0 Å². The molecule has 1 fully saturated rings. The van der Waals surface area contributed by atoms with Crippen molar-refractivity contribution in [1.82, 2.24) is 4.90 Å². The van der Waals surface area contributed by atoms with Crippen LogP contribution in [0.5, 0.6) is 0 Å². The number of hydrogen-bond donors (Lipinski definition) is 1. The topological polar surface area (TPSA) is 59.5 Å². The Morgan fingerprint density at radius 2 is 2.06 bits per heavy atom. The van der Waals surface area contributed by atoms with Crippen LogP contribution in [-0.4, -0.2) is 29.4 Å². The van der Waals surface area contributed by atoms with Gasteiger partial charge in [0.25, 0.3) is 5.91 Å². The minimum Gasteiger partial charge on any atom is -0.456 e. The zero-order chi connectivity index (χ0) is 13.1. The third kappa shape index (κ3) is 2.75. The molecule has 0 radical (unpaired) electrons. The Bertz CT molecular complexity index is 406. The van der Waals surface area contributed by atoms with E-state index < -0.39 is 0 Å². The molecule has 0 spiro atoms. The third-order valence-corrected chi connectivity index (χ3v) is 3.73. The first-order valence-electron chi connectivity index (χ1n) is 6.74. The molecule has 1 aliphatic carbocycles. The fourth-order valence-corrected chi connectivity index (χ4v) is 2.67. The van der Waals surface area contributed by atoms with Gasteiger partial charge in [-0.3, -0.25) is 4.79 Å². The molecule has 0 atom stereocenters. The summed E-state index contributed by atoms with van der Waals surface area (Å²) < 4.78 is 5.42. The van der Waals surface area contributed by atoms with Crippen molar-refractivity contribution in [2.75, 3.05) is 6.54 Å². The molecule has 0 aliphatic heterocycles. The predicted octanol–water partition coefficient (Wildman–Crippen LogP) is 2.32. The van der Waals surface area contributed by atoms with Gasteiger partial charge in [0.05, 0.1) is 0 Å². The standard InChI is InChI=1S/C14H22N2O2/c1-3-16(12-7-5-11(15)6-8-12)14(17)13-9-4-10(2)18-13/h4,9,11-12H,3,5-8,15H2,1-2H3. The summed E-state index contributed by atoms with van der Waals surface area (Å²) in [6, 6.07) is 4.21. The van der Waals surface area contributed by atoms with Gasteiger partial charge in [-0.15, -0.1) is 0 Å². The number of hydrogen-bond acceptors (Lipinski definition) is 3. The zero-order valence-corrected chi connectivity index (χ0v) is 11.2. The number of nitrogens with two attached hydrogens (primary N) is 1. The number of furan rings is 1. The molecule has 100 valence electrons. The van der Waals surface area contributed by atoms with Crippen molar-refractivity contribution < 1.29 is 9.21 Å². The second-order valence-corrected chi connectivity index (χ2v) is 5.07. The summed E-state index contributed by atoms with van der Waals surface area (Å²) in [5.74, 6) is 1.23. The zero-order valence-electron chi connectivity index (χ0n) is 11.2. The smallest absolute Gasteiger partial charge is 0.289 e. The van der Waals surface area contributed by atoms with Gasteiger partial charge in [-0.05, 0) is 51.7 Å². The second-order valence-electron chi connectivity index (χ2n) is 5.07. The lowest BCUT2D eigenvalue weighted by molar-refractivity contribution is 0.0607. The number of carbonyl (C=O) groups excluding carboxylic acids is 1. The lowest BCUT2D eigenvalue weighted by Gasteiger charge is -2.35. The van der Waals surface area contributed by atoms with Gasteiger partial charge in [0.2, 0.25) is 0 Å². The normalized spacial score (nSPS) is 23.9. The van der Waals surface area contributed by atoms with Gasteiger partial charge in [-0.25, -0.2) is 0 Å². The molecular weight excluding hydrogens is 228 g/mol. The maximum Gasteiger partial charge on any atom is 0.289 e. The van der Waals surface area contributed by atoms with Crippen molar-refractivity contribution in [3.63, 3.8) is 0 Å². The highest BCUT2D eigenvalue weighted by Crippen LogP contribution is 2.23. The first-order chi connectivity index (χ1) is 8.61. The average Bonchev–Trinajstić information content (AvgIpc) is 2.79. The van der Waals surface area contributed by atoms with Crippen LogP contribution in [0, 0.1) is 6.92 Å². The summed E-state index contributed by atoms with van der Waals surface area (Å²) in [5.41, 5.74) is 5.91. The molecule has 0 saturated heterocycles. The molecule has 1 aliphatic rings. The number of nitrogens with zero attached hydrogens (tertiary/aromatic N) is 1. The average molecular weight is 250 g/mol. The molecule has 0 aromatic carbocycles. The van der Waals surface area contributed by atoms with E-state index in [1.807, 2.05) is 24.8 Å². The number of rotatable bonds is 3. The molecule has 0 bridgehead atoms. The van der Waals surface area contributed by atoms with Crippen molar-refractivity contribution >= 4 is 5.91 Å². The molecule has 4 nitrogen and oxygen atoms in total. The quantitative estimate of drug-likeness (QED) is 0.895. The summed E-state index contributed by atoms with van der Waals surface area (Å²) in [5, 5.41) is 0. The van der Waals surface area contributed by atoms with E-state index in [0.717, 1.165) is 38.0 Å². The van der Waals surface area contributed by atoms with Gasteiger partial charge in [0.15, 0.2) is 5.76 Å². The monoisotopic (exact) mass is 250 g/mol. The molecule has 2 N–H and O–H groups in total. The Labute approximate surface area is 108 Å². The van der Waals surface area contributed by atoms with Crippen LogP contribution in [-0.2, 0) is 0 Å². The lowest BCUT2D eigenvalue weighted by Crippen LogP contribution is -2.44. The molecule has 18 heavy (non-hydrogen) atoms. The van der Waals surface area contributed by atoms with E-state index in [1.165, 1.54) is 0 Å². The first kappa shape index (κ1) is 13.1. The van der Waals surface area contributed by atoms with E-state index in [-0.39, 0.29) is 5.91 Å². The molecule has 4 heteroatoms. The summed E-state index contributed by atoms with van der Waals surface area (Å²) in [4.78, 5) is 14.3. The minimum atomic E-state index is 0.00562. The van der Waals surface area contributed by atoms with Gasteiger partial charge in [0.1, 0.15) is 5.76 Å². The Morgan fingerprint density at radius 3 is 2.56 bits per heavy atom. The van der Waals surface area contributed by atoms with E-state index in [1.54, 1.807) is 6.07 Å². The SMILES string of the molecule is CCN(C(=O)c1ccc(C)o1)C1CCC(N)CC1. The van der Waals surface area contributed by atoms with Gasteiger partial charge in [-0.1, -0.05) is 0 Å². The summed E-state index contributed by atoms with van der Waals surface area (Å²) in [7, 11) is 0. The Balaban J connectivity index is 2.06. The highest BCUT2D eigenvalue weighted by atomic mass is 16.3. The number of aryl methyl sites for hydroxylation is 1. The molecular formula is C14H22N2O2. The van der Waals surface area contributed by atoms with Crippen LogP contribution in [0.15, 0.2) is 16.5 Å². The Morgan fingerprint density at radius 1 is 1.39 bits per heavy atom. The van der Waals surface area contributed by atoms with E-state index in [2.05, 4.69) is 0 Å². The molecule has 0 unspecified atom stereocenters. The van der Waals surface area contributed by atoms with Gasteiger partial charge in [-0.2, -0.15) is 0 Å². The fraction of sp³-hybridized carbons (Fsp3) is 0.643. The number of carbonyl (C=O) groups is 1. The van der Waals surface area contributed by atoms with Gasteiger partial charge >= 0.3 is 0 Å². The first-order valence-corrected chi connectivity index (χ1v) is 6.74. The van der Waals surface area contributed by atoms with Crippen LogP contribution in [0.25, 0.3) is 0 Å². The summed E-state index contributed by atoms with van der Waals surface area (Å²) in [6.45, 7) is 4.59. The van der Waals surface area contributed by atoms with Crippen LogP contribution in [0.3, 0.4) is 0 Å². The molecule has 1 aromatic heterocycles. The second kappa shape index (κ2) is 5.57. The van der Waals surface area contributed by atoms with Gasteiger partial charge in [0, 0.05) is 18.6 Å².